The van der Waals surface area contributed by atoms with E-state index in [1.54, 1.807) is 18.3 Å². The summed E-state index contributed by atoms with van der Waals surface area (Å²) in [7, 11) is 0. The molecule has 0 bridgehead atoms. The van der Waals surface area contributed by atoms with Crippen LogP contribution in [0.15, 0.2) is 106 Å². The zero-order valence-electron chi connectivity index (χ0n) is 21.4. The van der Waals surface area contributed by atoms with Gasteiger partial charge in [-0.3, -0.25) is 4.79 Å². The van der Waals surface area contributed by atoms with E-state index >= 15 is 0 Å². The number of nitrogens with one attached hydrogen (secondary N) is 2. The lowest BCUT2D eigenvalue weighted by atomic mass is 10.1. The number of aryl methyl sites for hydroxylation is 1. The Morgan fingerprint density at radius 1 is 1.02 bits per heavy atom. The van der Waals surface area contributed by atoms with Crippen molar-refractivity contribution in [2.45, 2.75) is 13.5 Å². The molecule has 0 unspecified atom stereocenters. The number of amides is 1. The Kier molecular flexibility index (Phi) is 8.91. The maximum absolute atomic E-state index is 12.6. The maximum atomic E-state index is 12.6. The molecule has 0 aliphatic heterocycles. The zero-order valence-corrected chi connectivity index (χ0v) is 24.6. The summed E-state index contributed by atoms with van der Waals surface area (Å²) in [6, 6.07) is 28.6. The first-order valence-corrected chi connectivity index (χ1v) is 14.4. The number of carbonyl (C=O) groups excluding carboxylic acids is 1. The van der Waals surface area contributed by atoms with Crippen LogP contribution in [0.4, 0.5) is 10.8 Å². The summed E-state index contributed by atoms with van der Waals surface area (Å²) in [4.78, 5) is 17.2. The van der Waals surface area contributed by atoms with Crippen LogP contribution >= 0.6 is 38.9 Å². The summed E-state index contributed by atoms with van der Waals surface area (Å²) >= 11 is 11.0. The first-order chi connectivity index (χ1) is 19.4. The van der Waals surface area contributed by atoms with Gasteiger partial charge in [0.05, 0.1) is 16.4 Å². The van der Waals surface area contributed by atoms with Crippen molar-refractivity contribution in [1.82, 2.24) is 10.4 Å². The molecule has 40 heavy (non-hydrogen) atoms. The van der Waals surface area contributed by atoms with Crippen LogP contribution in [0.2, 0.25) is 5.02 Å². The highest BCUT2D eigenvalue weighted by molar-refractivity contribution is 9.10. The first-order valence-electron chi connectivity index (χ1n) is 12.3. The number of halogens is 2. The number of hydrogen-bond donors (Lipinski definition) is 2. The van der Waals surface area contributed by atoms with E-state index in [4.69, 9.17) is 16.3 Å². The van der Waals surface area contributed by atoms with E-state index in [9.17, 15) is 4.79 Å². The Labute approximate surface area is 249 Å². The zero-order chi connectivity index (χ0) is 27.9. The number of ether oxygens (including phenoxy) is 1. The van der Waals surface area contributed by atoms with Crippen LogP contribution in [0.1, 0.15) is 27.0 Å². The van der Waals surface area contributed by atoms with Crippen molar-refractivity contribution in [3.63, 3.8) is 0 Å². The van der Waals surface area contributed by atoms with Crippen molar-refractivity contribution in [2.24, 2.45) is 5.10 Å². The van der Waals surface area contributed by atoms with Gasteiger partial charge in [-0.15, -0.1) is 11.3 Å². The van der Waals surface area contributed by atoms with E-state index in [1.165, 1.54) is 16.9 Å². The maximum Gasteiger partial charge on any atom is 0.271 e. The molecule has 1 heterocycles. The van der Waals surface area contributed by atoms with Crippen LogP contribution in [0.3, 0.4) is 0 Å². The summed E-state index contributed by atoms with van der Waals surface area (Å²) in [6.07, 6.45) is 1.59. The van der Waals surface area contributed by atoms with Crippen LogP contribution in [-0.4, -0.2) is 17.1 Å². The lowest BCUT2D eigenvalue weighted by Crippen LogP contribution is -2.17. The third-order valence-electron chi connectivity index (χ3n) is 5.89. The number of rotatable bonds is 9. The molecule has 0 atom stereocenters. The topological polar surface area (TPSA) is 75.6 Å². The van der Waals surface area contributed by atoms with E-state index in [1.807, 2.05) is 60.0 Å². The predicted molar refractivity (Wildman–Crippen MR) is 167 cm³/mol. The quantitative estimate of drug-likeness (QED) is 0.126. The Bertz CT molecular complexity index is 1640. The number of hydrazone groups is 1. The average Bonchev–Trinajstić information content (AvgIpc) is 3.43. The molecule has 0 saturated carbocycles. The van der Waals surface area contributed by atoms with E-state index in [0.29, 0.717) is 17.2 Å². The van der Waals surface area contributed by atoms with Crippen molar-refractivity contribution in [3.8, 4) is 17.0 Å². The molecule has 0 fully saturated rings. The first kappa shape index (κ1) is 27.6. The summed E-state index contributed by atoms with van der Waals surface area (Å²) in [5.74, 6) is 0.429. The van der Waals surface area contributed by atoms with Gasteiger partial charge in [0.15, 0.2) is 5.13 Å². The molecule has 9 heteroatoms. The van der Waals surface area contributed by atoms with Gasteiger partial charge in [0.1, 0.15) is 12.4 Å². The highest BCUT2D eigenvalue weighted by atomic mass is 79.9. The third-order valence-corrected chi connectivity index (χ3v) is 7.52. The van der Waals surface area contributed by atoms with Crippen LogP contribution in [0.25, 0.3) is 11.3 Å². The van der Waals surface area contributed by atoms with Crippen LogP contribution in [0.5, 0.6) is 5.75 Å². The number of aromatic nitrogens is 1. The fourth-order valence-corrected chi connectivity index (χ4v) is 5.08. The van der Waals surface area contributed by atoms with E-state index in [-0.39, 0.29) is 5.91 Å². The molecule has 200 valence electrons. The van der Waals surface area contributed by atoms with Gasteiger partial charge in [-0.2, -0.15) is 5.10 Å². The third kappa shape index (κ3) is 7.35. The molecule has 0 saturated heterocycles. The SMILES string of the molecule is Cc1ccc(COc2ccc(/C=N\NC(=O)c3ccc(-c4csc(Nc5ccc(Cl)cc5)n4)cc3)cc2Br)cc1. The average molecular weight is 632 g/mol. The molecule has 4 aromatic carbocycles. The number of hydrogen-bond acceptors (Lipinski definition) is 6. The highest BCUT2D eigenvalue weighted by Crippen LogP contribution is 2.28. The smallest absolute Gasteiger partial charge is 0.271 e. The van der Waals surface area contributed by atoms with E-state index in [0.717, 1.165) is 43.4 Å². The largest absolute Gasteiger partial charge is 0.488 e. The number of carbonyl (C=O) groups is 1. The summed E-state index contributed by atoms with van der Waals surface area (Å²) < 4.78 is 6.72. The lowest BCUT2D eigenvalue weighted by molar-refractivity contribution is 0.0955. The molecule has 1 amide bonds. The van der Waals surface area contributed by atoms with Crippen LogP contribution in [0, 0.1) is 6.92 Å². The molecule has 5 rings (SSSR count). The minimum absolute atomic E-state index is 0.303. The monoisotopic (exact) mass is 630 g/mol. The fraction of sp³-hybridized carbons (Fsp3) is 0.0645. The molecule has 0 radical (unpaired) electrons. The number of nitrogens with zero attached hydrogens (tertiary/aromatic N) is 2. The van der Waals surface area contributed by atoms with Gasteiger partial charge in [0.2, 0.25) is 0 Å². The van der Waals surface area contributed by atoms with E-state index in [2.05, 4.69) is 67.9 Å². The molecule has 0 aliphatic carbocycles. The van der Waals surface area contributed by atoms with Crippen molar-refractivity contribution in [1.29, 1.82) is 0 Å². The molecule has 5 aromatic rings. The van der Waals surface area contributed by atoms with Crippen molar-refractivity contribution in [2.75, 3.05) is 5.32 Å². The minimum atomic E-state index is -0.303. The minimum Gasteiger partial charge on any atom is -0.488 e. The molecule has 6 nitrogen and oxygen atoms in total. The highest BCUT2D eigenvalue weighted by Gasteiger charge is 2.09. The second-order valence-corrected chi connectivity index (χ2v) is 11.1. The van der Waals surface area contributed by atoms with Gasteiger partial charge in [-0.1, -0.05) is 53.6 Å². The molecule has 1 aromatic heterocycles. The normalized spacial score (nSPS) is 11.0. The van der Waals surface area contributed by atoms with Gasteiger partial charge in [-0.25, -0.2) is 10.4 Å². The Hall–Kier alpha value is -3.98. The second kappa shape index (κ2) is 12.9. The van der Waals surface area contributed by atoms with Crippen molar-refractivity contribution >= 4 is 61.8 Å². The van der Waals surface area contributed by atoms with Crippen molar-refractivity contribution in [3.05, 3.63) is 128 Å². The van der Waals surface area contributed by atoms with Gasteiger partial charge < -0.3 is 10.1 Å². The van der Waals surface area contributed by atoms with Gasteiger partial charge in [0.25, 0.3) is 5.91 Å². The molecular weight excluding hydrogens is 608 g/mol. The van der Waals surface area contributed by atoms with Crippen molar-refractivity contribution < 1.29 is 9.53 Å². The molecular formula is C31H24BrClN4O2S. The van der Waals surface area contributed by atoms with Gasteiger partial charge >= 0.3 is 0 Å². The lowest BCUT2D eigenvalue weighted by Gasteiger charge is -2.09. The molecule has 0 aliphatic rings. The summed E-state index contributed by atoms with van der Waals surface area (Å²) in [5, 5.41) is 10.8. The number of anilines is 2. The van der Waals surface area contributed by atoms with Crippen LogP contribution in [-0.2, 0) is 6.61 Å². The Morgan fingerprint density at radius 2 is 1.77 bits per heavy atom. The molecule has 0 spiro atoms. The number of benzene rings is 4. The second-order valence-electron chi connectivity index (χ2n) is 8.91. The molecule has 2 N–H and O–H groups in total. The standard InChI is InChI=1S/C31H24BrClN4O2S/c1-20-2-4-21(5-3-20)18-39-29-15-6-22(16-27(29)32)17-34-37-30(38)24-9-7-23(8-10-24)28-19-40-31(36-28)35-26-13-11-25(33)12-14-26/h2-17,19H,18H2,1H3,(H,35,36)(H,37,38)/b34-17-. The fourth-order valence-electron chi connectivity index (χ4n) is 3.70. The summed E-state index contributed by atoms with van der Waals surface area (Å²) in [6.45, 7) is 2.53. The summed E-state index contributed by atoms with van der Waals surface area (Å²) in [5.41, 5.74) is 8.85. The predicted octanol–water partition coefficient (Wildman–Crippen LogP) is 8.62. The Balaban J connectivity index is 1.14. The van der Waals surface area contributed by atoms with E-state index < -0.39 is 0 Å². The van der Waals surface area contributed by atoms with Gasteiger partial charge in [-0.05, 0) is 88.6 Å². The van der Waals surface area contributed by atoms with Gasteiger partial charge in [0, 0.05) is 27.2 Å². The van der Waals surface area contributed by atoms with Crippen LogP contribution < -0.4 is 15.5 Å². The Morgan fingerprint density at radius 3 is 2.50 bits per heavy atom. The number of thiazole rings is 1.